The maximum Gasteiger partial charge on any atom is 0.258 e. The SMILES string of the molecule is COc1ccc(-c2nc([C@@H]3CC(=O)N(c4ccc(C)cc4)C3)no2)c(C)c1. The van der Waals surface area contributed by atoms with Crippen LogP contribution in [0.3, 0.4) is 0 Å². The van der Waals surface area contributed by atoms with Crippen LogP contribution in [-0.2, 0) is 4.79 Å². The van der Waals surface area contributed by atoms with Crippen molar-refractivity contribution in [1.29, 1.82) is 0 Å². The minimum atomic E-state index is -0.0742. The lowest BCUT2D eigenvalue weighted by Crippen LogP contribution is -2.24. The summed E-state index contributed by atoms with van der Waals surface area (Å²) in [5.41, 5.74) is 3.94. The molecule has 0 unspecified atom stereocenters. The van der Waals surface area contributed by atoms with Gasteiger partial charge in [0.25, 0.3) is 5.89 Å². The number of aryl methyl sites for hydroxylation is 2. The quantitative estimate of drug-likeness (QED) is 0.703. The topological polar surface area (TPSA) is 68.5 Å². The van der Waals surface area contributed by atoms with E-state index in [1.165, 1.54) is 5.56 Å². The van der Waals surface area contributed by atoms with E-state index < -0.39 is 0 Å². The Morgan fingerprint density at radius 3 is 2.63 bits per heavy atom. The first-order valence-electron chi connectivity index (χ1n) is 8.91. The number of aromatic nitrogens is 2. The number of amides is 1. The van der Waals surface area contributed by atoms with E-state index in [-0.39, 0.29) is 11.8 Å². The molecule has 3 aromatic rings. The van der Waals surface area contributed by atoms with Gasteiger partial charge in [0.1, 0.15) is 5.75 Å². The Hall–Kier alpha value is -3.15. The summed E-state index contributed by atoms with van der Waals surface area (Å²) in [4.78, 5) is 18.8. The summed E-state index contributed by atoms with van der Waals surface area (Å²) >= 11 is 0. The van der Waals surface area contributed by atoms with Crippen LogP contribution in [0.25, 0.3) is 11.5 Å². The first kappa shape index (κ1) is 17.3. The number of carbonyl (C=O) groups is 1. The lowest BCUT2D eigenvalue weighted by molar-refractivity contribution is -0.117. The van der Waals surface area contributed by atoms with Gasteiger partial charge in [-0.1, -0.05) is 22.9 Å². The Kier molecular flexibility index (Phi) is 4.39. The highest BCUT2D eigenvalue weighted by atomic mass is 16.5. The Labute approximate surface area is 157 Å². The van der Waals surface area contributed by atoms with E-state index in [1.807, 2.05) is 56.3 Å². The van der Waals surface area contributed by atoms with Crippen molar-refractivity contribution in [1.82, 2.24) is 10.1 Å². The maximum atomic E-state index is 12.5. The van der Waals surface area contributed by atoms with Gasteiger partial charge in [-0.05, 0) is 49.7 Å². The molecule has 1 aromatic heterocycles. The van der Waals surface area contributed by atoms with Crippen molar-refractivity contribution in [3.05, 3.63) is 59.4 Å². The Morgan fingerprint density at radius 1 is 1.15 bits per heavy atom. The van der Waals surface area contributed by atoms with E-state index >= 15 is 0 Å². The Bertz CT molecular complexity index is 979. The van der Waals surface area contributed by atoms with Crippen molar-refractivity contribution in [3.63, 3.8) is 0 Å². The average molecular weight is 363 g/mol. The molecule has 1 saturated heterocycles. The minimum absolute atomic E-state index is 0.0742. The third kappa shape index (κ3) is 3.30. The molecule has 6 heteroatoms. The predicted octanol–water partition coefficient (Wildman–Crippen LogP) is 3.88. The molecule has 0 radical (unpaired) electrons. The van der Waals surface area contributed by atoms with E-state index in [2.05, 4.69) is 10.1 Å². The molecule has 1 fully saturated rings. The molecule has 27 heavy (non-hydrogen) atoms. The Balaban J connectivity index is 1.55. The molecule has 4 rings (SSSR count). The van der Waals surface area contributed by atoms with Gasteiger partial charge in [-0.2, -0.15) is 4.98 Å². The van der Waals surface area contributed by atoms with Crippen LogP contribution in [0.1, 0.15) is 29.3 Å². The number of hydrogen-bond donors (Lipinski definition) is 0. The number of methoxy groups -OCH3 is 1. The standard InChI is InChI=1S/C21H21N3O3/c1-13-4-6-16(7-5-13)24-12-15(11-19(24)25)20-22-21(27-23-20)18-9-8-17(26-3)10-14(18)2/h4-10,15H,11-12H2,1-3H3/t15-/m1/s1. The average Bonchev–Trinajstić information content (AvgIpc) is 3.29. The van der Waals surface area contributed by atoms with Gasteiger partial charge >= 0.3 is 0 Å². The van der Waals surface area contributed by atoms with Crippen LogP contribution in [-0.4, -0.2) is 29.7 Å². The maximum absolute atomic E-state index is 12.5. The number of anilines is 1. The molecule has 2 heterocycles. The molecule has 1 atom stereocenters. The number of ether oxygens (including phenoxy) is 1. The molecule has 1 aliphatic heterocycles. The van der Waals surface area contributed by atoms with Crippen molar-refractivity contribution in [2.24, 2.45) is 0 Å². The molecular formula is C21H21N3O3. The molecule has 0 spiro atoms. The number of nitrogens with zero attached hydrogens (tertiary/aromatic N) is 3. The third-order valence-electron chi connectivity index (χ3n) is 4.94. The molecule has 0 aliphatic carbocycles. The van der Waals surface area contributed by atoms with Gasteiger partial charge in [-0.3, -0.25) is 4.79 Å². The van der Waals surface area contributed by atoms with Crippen LogP contribution in [0.5, 0.6) is 5.75 Å². The molecule has 138 valence electrons. The highest BCUT2D eigenvalue weighted by Gasteiger charge is 2.34. The smallest absolute Gasteiger partial charge is 0.258 e. The summed E-state index contributed by atoms with van der Waals surface area (Å²) in [6.07, 6.45) is 0.383. The Morgan fingerprint density at radius 2 is 1.93 bits per heavy atom. The van der Waals surface area contributed by atoms with E-state index in [0.29, 0.717) is 24.7 Å². The van der Waals surface area contributed by atoms with Crippen LogP contribution in [0.4, 0.5) is 5.69 Å². The van der Waals surface area contributed by atoms with Gasteiger partial charge in [0, 0.05) is 30.1 Å². The number of benzene rings is 2. The van der Waals surface area contributed by atoms with Crippen molar-refractivity contribution in [2.45, 2.75) is 26.2 Å². The first-order valence-corrected chi connectivity index (χ1v) is 8.91. The van der Waals surface area contributed by atoms with Crippen molar-refractivity contribution < 1.29 is 14.1 Å². The molecule has 1 amide bonds. The van der Waals surface area contributed by atoms with Gasteiger partial charge in [0.15, 0.2) is 5.82 Å². The summed E-state index contributed by atoms with van der Waals surface area (Å²) in [6, 6.07) is 13.7. The van der Waals surface area contributed by atoms with Gasteiger partial charge < -0.3 is 14.2 Å². The summed E-state index contributed by atoms with van der Waals surface area (Å²) in [7, 11) is 1.64. The van der Waals surface area contributed by atoms with Crippen LogP contribution < -0.4 is 9.64 Å². The molecule has 0 saturated carbocycles. The molecule has 2 aromatic carbocycles. The van der Waals surface area contributed by atoms with Crippen LogP contribution >= 0.6 is 0 Å². The predicted molar refractivity (Wildman–Crippen MR) is 102 cm³/mol. The second-order valence-electron chi connectivity index (χ2n) is 6.88. The summed E-state index contributed by atoms with van der Waals surface area (Å²) in [5, 5.41) is 4.14. The number of rotatable bonds is 4. The van der Waals surface area contributed by atoms with Crippen LogP contribution in [0.15, 0.2) is 47.0 Å². The van der Waals surface area contributed by atoms with Gasteiger partial charge in [0.2, 0.25) is 5.91 Å². The highest BCUT2D eigenvalue weighted by molar-refractivity contribution is 5.96. The van der Waals surface area contributed by atoms with Crippen molar-refractivity contribution >= 4 is 11.6 Å². The zero-order valence-electron chi connectivity index (χ0n) is 15.6. The van der Waals surface area contributed by atoms with E-state index in [4.69, 9.17) is 9.26 Å². The van der Waals surface area contributed by atoms with E-state index in [1.54, 1.807) is 12.0 Å². The number of carbonyl (C=O) groups excluding carboxylic acids is 1. The normalized spacial score (nSPS) is 16.8. The van der Waals surface area contributed by atoms with Crippen LogP contribution in [0, 0.1) is 13.8 Å². The molecule has 0 bridgehead atoms. The zero-order valence-corrected chi connectivity index (χ0v) is 15.6. The van der Waals surface area contributed by atoms with Gasteiger partial charge in [-0.15, -0.1) is 0 Å². The lowest BCUT2D eigenvalue weighted by Gasteiger charge is -2.16. The van der Waals surface area contributed by atoms with E-state index in [9.17, 15) is 4.79 Å². The minimum Gasteiger partial charge on any atom is -0.497 e. The van der Waals surface area contributed by atoms with Crippen molar-refractivity contribution in [3.8, 4) is 17.2 Å². The van der Waals surface area contributed by atoms with Gasteiger partial charge in [-0.25, -0.2) is 0 Å². The fourth-order valence-electron chi connectivity index (χ4n) is 3.37. The molecule has 1 aliphatic rings. The largest absolute Gasteiger partial charge is 0.497 e. The molecular weight excluding hydrogens is 342 g/mol. The molecule has 0 N–H and O–H groups in total. The second kappa shape index (κ2) is 6.87. The summed E-state index contributed by atoms with van der Waals surface area (Å²) in [5.74, 6) is 1.83. The molecule has 6 nitrogen and oxygen atoms in total. The summed E-state index contributed by atoms with van der Waals surface area (Å²) in [6.45, 7) is 4.56. The van der Waals surface area contributed by atoms with E-state index in [0.717, 1.165) is 22.6 Å². The first-order chi connectivity index (χ1) is 13.0. The fourth-order valence-corrected chi connectivity index (χ4v) is 3.37. The highest BCUT2D eigenvalue weighted by Crippen LogP contribution is 2.32. The van der Waals surface area contributed by atoms with Crippen molar-refractivity contribution in [2.75, 3.05) is 18.6 Å². The summed E-state index contributed by atoms with van der Waals surface area (Å²) < 4.78 is 10.7. The lowest BCUT2D eigenvalue weighted by atomic mass is 10.1. The third-order valence-corrected chi connectivity index (χ3v) is 4.94. The fraction of sp³-hybridized carbons (Fsp3) is 0.286. The number of hydrogen-bond acceptors (Lipinski definition) is 5. The van der Waals surface area contributed by atoms with Gasteiger partial charge in [0.05, 0.1) is 7.11 Å². The second-order valence-corrected chi connectivity index (χ2v) is 6.88. The van der Waals surface area contributed by atoms with Crippen LogP contribution in [0.2, 0.25) is 0 Å². The monoisotopic (exact) mass is 363 g/mol. The zero-order chi connectivity index (χ0) is 19.0.